The van der Waals surface area contributed by atoms with E-state index in [9.17, 15) is 9.59 Å². The average molecular weight is 283 g/mol. The van der Waals surface area contributed by atoms with Gasteiger partial charge in [-0.1, -0.05) is 11.6 Å². The van der Waals surface area contributed by atoms with Crippen LogP contribution in [0.2, 0.25) is 5.15 Å². The maximum atomic E-state index is 12.3. The molecule has 102 valence electrons. The van der Waals surface area contributed by atoms with Crippen molar-refractivity contribution in [3.63, 3.8) is 0 Å². The first-order valence-corrected chi connectivity index (χ1v) is 6.32. The van der Waals surface area contributed by atoms with E-state index in [0.29, 0.717) is 37.4 Å². The van der Waals surface area contributed by atoms with Crippen LogP contribution in [0.25, 0.3) is 0 Å². The largest absolute Gasteiger partial charge is 0.397 e. The molecule has 0 spiro atoms. The first-order chi connectivity index (χ1) is 8.99. The van der Waals surface area contributed by atoms with Crippen molar-refractivity contribution >= 4 is 29.1 Å². The number of aromatic nitrogens is 1. The van der Waals surface area contributed by atoms with Crippen LogP contribution in [0.3, 0.4) is 0 Å². The van der Waals surface area contributed by atoms with Gasteiger partial charge >= 0.3 is 0 Å². The predicted octanol–water partition coefficient (Wildman–Crippen LogP) is 0.621. The van der Waals surface area contributed by atoms with Crippen LogP contribution in [0, 0.1) is 0 Å². The number of nitrogens with zero attached hydrogens (tertiary/aromatic N) is 3. The topological polar surface area (TPSA) is 79.5 Å². The number of halogens is 1. The molecule has 1 aliphatic rings. The molecule has 1 aromatic rings. The lowest BCUT2D eigenvalue weighted by atomic mass is 10.2. The Morgan fingerprint density at radius 1 is 1.26 bits per heavy atom. The van der Waals surface area contributed by atoms with E-state index in [0.717, 1.165) is 0 Å². The third-order valence-corrected chi connectivity index (χ3v) is 3.40. The molecule has 0 atom stereocenters. The number of piperazine rings is 1. The van der Waals surface area contributed by atoms with Gasteiger partial charge in [0.2, 0.25) is 5.91 Å². The Kier molecular flexibility index (Phi) is 3.90. The zero-order chi connectivity index (χ0) is 14.0. The highest BCUT2D eigenvalue weighted by atomic mass is 35.5. The molecule has 0 radical (unpaired) electrons. The van der Waals surface area contributed by atoms with Gasteiger partial charge in [-0.2, -0.15) is 0 Å². The standard InChI is InChI=1S/C12H15ClN4O2/c1-8(18)16-2-4-17(5-3-16)12(19)10-6-9(14)7-15-11(10)13/h6-7H,2-5,14H2,1H3. The van der Waals surface area contributed by atoms with Gasteiger partial charge in [0.1, 0.15) is 5.15 Å². The fourth-order valence-electron chi connectivity index (χ4n) is 2.01. The van der Waals surface area contributed by atoms with E-state index in [1.165, 1.54) is 19.2 Å². The fraction of sp³-hybridized carbons (Fsp3) is 0.417. The second-order valence-corrected chi connectivity index (χ2v) is 4.76. The van der Waals surface area contributed by atoms with Crippen LogP contribution < -0.4 is 5.73 Å². The van der Waals surface area contributed by atoms with Gasteiger partial charge < -0.3 is 15.5 Å². The molecule has 2 amide bonds. The van der Waals surface area contributed by atoms with Crippen LogP contribution in [0.15, 0.2) is 12.3 Å². The normalized spacial score (nSPS) is 15.5. The first-order valence-electron chi connectivity index (χ1n) is 5.95. The molecule has 6 nitrogen and oxygen atoms in total. The summed E-state index contributed by atoms with van der Waals surface area (Å²) < 4.78 is 0. The summed E-state index contributed by atoms with van der Waals surface area (Å²) in [7, 11) is 0. The SMILES string of the molecule is CC(=O)N1CCN(C(=O)c2cc(N)cnc2Cl)CC1. The van der Waals surface area contributed by atoms with Crippen LogP contribution in [-0.2, 0) is 4.79 Å². The second kappa shape index (κ2) is 5.44. The van der Waals surface area contributed by atoms with Gasteiger partial charge in [-0.05, 0) is 6.07 Å². The molecule has 0 aromatic carbocycles. The number of hydrogen-bond acceptors (Lipinski definition) is 4. The summed E-state index contributed by atoms with van der Waals surface area (Å²) in [4.78, 5) is 30.7. The Morgan fingerprint density at radius 2 is 1.84 bits per heavy atom. The molecule has 2 heterocycles. The number of rotatable bonds is 1. The van der Waals surface area contributed by atoms with Gasteiger partial charge in [-0.3, -0.25) is 9.59 Å². The Labute approximate surface area is 116 Å². The zero-order valence-electron chi connectivity index (χ0n) is 10.6. The molecule has 7 heteroatoms. The number of anilines is 1. The van der Waals surface area contributed by atoms with Crippen LogP contribution in [0.1, 0.15) is 17.3 Å². The summed E-state index contributed by atoms with van der Waals surface area (Å²) >= 11 is 5.91. The molecule has 1 fully saturated rings. The van der Waals surface area contributed by atoms with Gasteiger partial charge in [-0.15, -0.1) is 0 Å². The molecule has 0 aliphatic carbocycles. The third kappa shape index (κ3) is 2.96. The van der Waals surface area contributed by atoms with Crippen molar-refractivity contribution in [1.29, 1.82) is 0 Å². The quantitative estimate of drug-likeness (QED) is 0.766. The van der Waals surface area contributed by atoms with Gasteiger partial charge in [0.25, 0.3) is 5.91 Å². The van der Waals surface area contributed by atoms with E-state index < -0.39 is 0 Å². The van der Waals surface area contributed by atoms with Crippen molar-refractivity contribution in [3.8, 4) is 0 Å². The van der Waals surface area contributed by atoms with Crippen LogP contribution >= 0.6 is 11.6 Å². The maximum Gasteiger partial charge on any atom is 0.257 e. The van der Waals surface area contributed by atoms with Crippen LogP contribution in [0.4, 0.5) is 5.69 Å². The van der Waals surface area contributed by atoms with Gasteiger partial charge in [0.15, 0.2) is 0 Å². The summed E-state index contributed by atoms with van der Waals surface area (Å²) in [5, 5.41) is 0.146. The molecule has 19 heavy (non-hydrogen) atoms. The molecule has 1 saturated heterocycles. The smallest absolute Gasteiger partial charge is 0.257 e. The Balaban J connectivity index is 2.09. The van der Waals surface area contributed by atoms with E-state index in [2.05, 4.69) is 4.98 Å². The number of nitrogens with two attached hydrogens (primary N) is 1. The number of carbonyl (C=O) groups is 2. The fourth-order valence-corrected chi connectivity index (χ4v) is 2.19. The van der Waals surface area contributed by atoms with E-state index >= 15 is 0 Å². The maximum absolute atomic E-state index is 12.3. The lowest BCUT2D eigenvalue weighted by Gasteiger charge is -2.34. The Bertz CT molecular complexity index is 512. The van der Waals surface area contributed by atoms with Crippen molar-refractivity contribution < 1.29 is 9.59 Å². The molecule has 2 rings (SSSR count). The molecule has 0 unspecified atom stereocenters. The molecule has 0 bridgehead atoms. The van der Waals surface area contributed by atoms with E-state index in [-0.39, 0.29) is 17.0 Å². The number of carbonyl (C=O) groups excluding carboxylic acids is 2. The number of hydrogen-bond donors (Lipinski definition) is 1. The summed E-state index contributed by atoms with van der Waals surface area (Å²) in [6, 6.07) is 1.52. The van der Waals surface area contributed by atoms with E-state index in [1.807, 2.05) is 0 Å². The Morgan fingerprint density at radius 3 is 2.42 bits per heavy atom. The monoisotopic (exact) mass is 282 g/mol. The predicted molar refractivity (Wildman–Crippen MR) is 71.8 cm³/mol. The molecule has 1 aromatic heterocycles. The molecular formula is C12H15ClN4O2. The van der Waals surface area contributed by atoms with Crippen molar-refractivity contribution in [2.45, 2.75) is 6.92 Å². The van der Waals surface area contributed by atoms with Crippen molar-refractivity contribution in [1.82, 2.24) is 14.8 Å². The molecule has 1 aliphatic heterocycles. The van der Waals surface area contributed by atoms with Gasteiger partial charge in [-0.25, -0.2) is 4.98 Å². The number of amides is 2. The van der Waals surface area contributed by atoms with Gasteiger partial charge in [0.05, 0.1) is 17.4 Å². The van der Waals surface area contributed by atoms with Crippen molar-refractivity contribution in [2.24, 2.45) is 0 Å². The van der Waals surface area contributed by atoms with Crippen molar-refractivity contribution in [2.75, 3.05) is 31.9 Å². The summed E-state index contributed by atoms with van der Waals surface area (Å²) in [5.41, 5.74) is 6.31. The average Bonchev–Trinajstić information content (AvgIpc) is 2.41. The van der Waals surface area contributed by atoms with Gasteiger partial charge in [0, 0.05) is 33.1 Å². The highest BCUT2D eigenvalue weighted by molar-refractivity contribution is 6.32. The highest BCUT2D eigenvalue weighted by Gasteiger charge is 2.25. The summed E-state index contributed by atoms with van der Waals surface area (Å²) in [6.45, 7) is 3.58. The summed E-state index contributed by atoms with van der Waals surface area (Å²) in [5.74, 6) is -0.177. The van der Waals surface area contributed by atoms with Crippen LogP contribution in [-0.4, -0.2) is 52.8 Å². The minimum Gasteiger partial charge on any atom is -0.397 e. The Hall–Kier alpha value is -1.82. The van der Waals surface area contributed by atoms with E-state index in [1.54, 1.807) is 9.80 Å². The third-order valence-electron chi connectivity index (χ3n) is 3.10. The minimum atomic E-state index is -0.201. The van der Waals surface area contributed by atoms with E-state index in [4.69, 9.17) is 17.3 Å². The number of pyridine rings is 1. The first kappa shape index (κ1) is 13.6. The minimum absolute atomic E-state index is 0.0238. The zero-order valence-corrected chi connectivity index (χ0v) is 11.4. The lowest BCUT2D eigenvalue weighted by Crippen LogP contribution is -2.50. The van der Waals surface area contributed by atoms with Crippen LogP contribution in [0.5, 0.6) is 0 Å². The second-order valence-electron chi connectivity index (χ2n) is 4.41. The van der Waals surface area contributed by atoms with Crippen molar-refractivity contribution in [3.05, 3.63) is 23.0 Å². The molecule has 0 saturated carbocycles. The lowest BCUT2D eigenvalue weighted by molar-refractivity contribution is -0.130. The molecular weight excluding hydrogens is 268 g/mol. The summed E-state index contributed by atoms with van der Waals surface area (Å²) in [6.07, 6.45) is 1.41. The number of nitrogen functional groups attached to an aromatic ring is 1. The highest BCUT2D eigenvalue weighted by Crippen LogP contribution is 2.18. The molecule has 2 N–H and O–H groups in total.